The Balaban J connectivity index is 2.58. The van der Waals surface area contributed by atoms with Gasteiger partial charge in [-0.1, -0.05) is 11.6 Å². The van der Waals surface area contributed by atoms with Gasteiger partial charge in [-0.3, -0.25) is 4.79 Å². The quantitative estimate of drug-likeness (QED) is 0.794. The minimum Gasteiger partial charge on any atom is -0.383 e. The summed E-state index contributed by atoms with van der Waals surface area (Å²) in [7, 11) is 1.53. The molecule has 20 heavy (non-hydrogen) atoms. The standard InChI is InChI=1S/C12H14ClF3N2O2/c1-20-5-4-17-7-11(19)18-10-3-2-8(6-9(10)13)12(14,15)16/h2-3,6,17H,4-5,7H2,1H3,(H,18,19). The van der Waals surface area contributed by atoms with Gasteiger partial charge in [0.05, 0.1) is 29.4 Å². The lowest BCUT2D eigenvalue weighted by molar-refractivity contribution is -0.137. The molecule has 0 aliphatic heterocycles. The maximum atomic E-state index is 12.4. The van der Waals surface area contributed by atoms with Gasteiger partial charge in [0.15, 0.2) is 0 Å². The molecule has 0 saturated carbocycles. The van der Waals surface area contributed by atoms with Gasteiger partial charge in [0.2, 0.25) is 5.91 Å². The zero-order valence-corrected chi connectivity index (χ0v) is 11.4. The first kappa shape index (κ1) is 16.7. The number of carbonyl (C=O) groups excluding carboxylic acids is 1. The van der Waals surface area contributed by atoms with Crippen LogP contribution in [0.1, 0.15) is 5.56 Å². The van der Waals surface area contributed by atoms with Crippen LogP contribution in [0.4, 0.5) is 18.9 Å². The highest BCUT2D eigenvalue weighted by Gasteiger charge is 2.30. The molecule has 0 radical (unpaired) electrons. The van der Waals surface area contributed by atoms with E-state index in [1.807, 2.05) is 0 Å². The molecule has 1 rings (SSSR count). The Morgan fingerprint density at radius 1 is 1.40 bits per heavy atom. The van der Waals surface area contributed by atoms with Crippen molar-refractivity contribution < 1.29 is 22.7 Å². The topological polar surface area (TPSA) is 50.4 Å². The van der Waals surface area contributed by atoms with Gasteiger partial charge < -0.3 is 15.4 Å². The third-order valence-corrected chi connectivity index (χ3v) is 2.65. The van der Waals surface area contributed by atoms with Gasteiger partial charge in [-0.25, -0.2) is 0 Å². The Bertz CT molecular complexity index is 467. The van der Waals surface area contributed by atoms with Crippen molar-refractivity contribution in [1.29, 1.82) is 0 Å². The number of rotatable bonds is 6. The van der Waals surface area contributed by atoms with Crippen LogP contribution in [0.5, 0.6) is 0 Å². The SMILES string of the molecule is COCCNCC(=O)Nc1ccc(C(F)(F)F)cc1Cl. The maximum absolute atomic E-state index is 12.4. The van der Waals surface area contributed by atoms with Crippen molar-refractivity contribution in [2.75, 3.05) is 32.1 Å². The molecule has 1 aromatic rings. The first-order chi connectivity index (χ1) is 9.34. The highest BCUT2D eigenvalue weighted by molar-refractivity contribution is 6.33. The van der Waals surface area contributed by atoms with E-state index < -0.39 is 17.6 Å². The lowest BCUT2D eigenvalue weighted by Crippen LogP contribution is -2.30. The molecule has 0 saturated heterocycles. The number of hydrogen-bond donors (Lipinski definition) is 2. The van der Waals surface area contributed by atoms with E-state index in [1.54, 1.807) is 0 Å². The predicted molar refractivity (Wildman–Crippen MR) is 69.8 cm³/mol. The lowest BCUT2D eigenvalue weighted by Gasteiger charge is -2.11. The van der Waals surface area contributed by atoms with Crippen molar-refractivity contribution in [3.63, 3.8) is 0 Å². The van der Waals surface area contributed by atoms with E-state index in [1.165, 1.54) is 7.11 Å². The fourth-order valence-electron chi connectivity index (χ4n) is 1.36. The first-order valence-corrected chi connectivity index (χ1v) is 6.08. The van der Waals surface area contributed by atoms with Crippen LogP contribution < -0.4 is 10.6 Å². The molecule has 0 fully saturated rings. The molecule has 0 aliphatic rings. The fourth-order valence-corrected chi connectivity index (χ4v) is 1.59. The number of benzene rings is 1. The minimum atomic E-state index is -4.46. The molecule has 0 heterocycles. The second-order valence-electron chi connectivity index (χ2n) is 3.91. The van der Waals surface area contributed by atoms with Crippen molar-refractivity contribution >= 4 is 23.2 Å². The minimum absolute atomic E-state index is 0.0146. The molecule has 0 unspecified atom stereocenters. The Morgan fingerprint density at radius 2 is 2.10 bits per heavy atom. The number of methoxy groups -OCH3 is 1. The summed E-state index contributed by atoms with van der Waals surface area (Å²) in [6.45, 7) is 0.958. The van der Waals surface area contributed by atoms with Crippen molar-refractivity contribution in [3.05, 3.63) is 28.8 Å². The van der Waals surface area contributed by atoms with Crippen LogP contribution in [0, 0.1) is 0 Å². The number of halogens is 4. The Morgan fingerprint density at radius 3 is 2.65 bits per heavy atom. The van der Waals surface area contributed by atoms with Gasteiger partial charge in [0.1, 0.15) is 0 Å². The van der Waals surface area contributed by atoms with Gasteiger partial charge in [-0.05, 0) is 18.2 Å². The van der Waals surface area contributed by atoms with Crippen LogP contribution in [0.15, 0.2) is 18.2 Å². The molecule has 0 aromatic heterocycles. The Kier molecular flexibility index (Phi) is 6.25. The van der Waals surface area contributed by atoms with Crippen molar-refractivity contribution in [2.24, 2.45) is 0 Å². The Labute approximate surface area is 119 Å². The first-order valence-electron chi connectivity index (χ1n) is 5.71. The van der Waals surface area contributed by atoms with E-state index in [0.717, 1.165) is 18.2 Å². The van der Waals surface area contributed by atoms with E-state index >= 15 is 0 Å². The zero-order chi connectivity index (χ0) is 15.2. The summed E-state index contributed by atoms with van der Waals surface area (Å²) in [6, 6.07) is 2.76. The van der Waals surface area contributed by atoms with Gasteiger partial charge in [-0.15, -0.1) is 0 Å². The van der Waals surface area contributed by atoms with Crippen molar-refractivity contribution in [2.45, 2.75) is 6.18 Å². The third kappa shape index (κ3) is 5.36. The summed E-state index contributed by atoms with van der Waals surface area (Å²) < 4.78 is 42.1. The summed E-state index contributed by atoms with van der Waals surface area (Å²) in [5.41, 5.74) is -0.725. The van der Waals surface area contributed by atoms with E-state index in [0.29, 0.717) is 13.2 Å². The summed E-state index contributed by atoms with van der Waals surface area (Å²) in [6.07, 6.45) is -4.46. The van der Waals surface area contributed by atoms with Crippen molar-refractivity contribution in [1.82, 2.24) is 5.32 Å². The van der Waals surface area contributed by atoms with E-state index in [-0.39, 0.29) is 17.3 Å². The largest absolute Gasteiger partial charge is 0.416 e. The fraction of sp³-hybridized carbons (Fsp3) is 0.417. The summed E-state index contributed by atoms with van der Waals surface area (Å²) in [5.74, 6) is -0.400. The number of anilines is 1. The van der Waals surface area contributed by atoms with Crippen LogP contribution >= 0.6 is 11.6 Å². The molecule has 0 bridgehead atoms. The van der Waals surface area contributed by atoms with Crippen LogP contribution in [-0.4, -0.2) is 32.7 Å². The van der Waals surface area contributed by atoms with Gasteiger partial charge in [0, 0.05) is 13.7 Å². The second kappa shape index (κ2) is 7.47. The summed E-state index contributed by atoms with van der Waals surface area (Å²) in [5, 5.41) is 5.06. The normalized spacial score (nSPS) is 11.4. The molecule has 8 heteroatoms. The molecule has 1 aromatic carbocycles. The highest BCUT2D eigenvalue weighted by atomic mass is 35.5. The number of hydrogen-bond acceptors (Lipinski definition) is 3. The van der Waals surface area contributed by atoms with Crippen molar-refractivity contribution in [3.8, 4) is 0 Å². The Hall–Kier alpha value is -1.31. The van der Waals surface area contributed by atoms with Crippen LogP contribution in [0.25, 0.3) is 0 Å². The van der Waals surface area contributed by atoms with Crippen LogP contribution in [-0.2, 0) is 15.7 Å². The molecule has 1 amide bonds. The summed E-state index contributed by atoms with van der Waals surface area (Å²) in [4.78, 5) is 11.5. The van der Waals surface area contributed by atoms with E-state index in [4.69, 9.17) is 16.3 Å². The second-order valence-corrected chi connectivity index (χ2v) is 4.32. The third-order valence-electron chi connectivity index (χ3n) is 2.34. The number of amides is 1. The summed E-state index contributed by atoms with van der Waals surface area (Å²) >= 11 is 5.71. The van der Waals surface area contributed by atoms with Crippen LogP contribution in [0.2, 0.25) is 5.02 Å². The number of alkyl halides is 3. The molecule has 2 N–H and O–H groups in total. The monoisotopic (exact) mass is 310 g/mol. The molecule has 112 valence electrons. The lowest BCUT2D eigenvalue weighted by atomic mass is 10.2. The van der Waals surface area contributed by atoms with E-state index in [9.17, 15) is 18.0 Å². The number of ether oxygens (including phenoxy) is 1. The molecular weight excluding hydrogens is 297 g/mol. The van der Waals surface area contributed by atoms with Crippen LogP contribution in [0.3, 0.4) is 0 Å². The number of nitrogens with one attached hydrogen (secondary N) is 2. The maximum Gasteiger partial charge on any atom is 0.416 e. The molecule has 0 atom stereocenters. The highest BCUT2D eigenvalue weighted by Crippen LogP contribution is 2.33. The molecular formula is C12H14ClF3N2O2. The molecule has 4 nitrogen and oxygen atoms in total. The van der Waals surface area contributed by atoms with E-state index in [2.05, 4.69) is 10.6 Å². The number of carbonyl (C=O) groups is 1. The average Bonchev–Trinajstić information content (AvgIpc) is 2.36. The molecule has 0 aliphatic carbocycles. The zero-order valence-electron chi connectivity index (χ0n) is 10.7. The van der Waals surface area contributed by atoms with Gasteiger partial charge in [0.25, 0.3) is 0 Å². The average molecular weight is 311 g/mol. The predicted octanol–water partition coefficient (Wildman–Crippen LogP) is 2.53. The van der Waals surface area contributed by atoms with Gasteiger partial charge in [-0.2, -0.15) is 13.2 Å². The van der Waals surface area contributed by atoms with Gasteiger partial charge >= 0.3 is 6.18 Å². The molecule has 0 spiro atoms. The smallest absolute Gasteiger partial charge is 0.383 e.